The molecule has 0 aromatic carbocycles. The highest BCUT2D eigenvalue weighted by atomic mass is 14.5. The molecular weight excluding hydrogens is 158 g/mol. The molecule has 0 spiro atoms. The maximum absolute atomic E-state index is 5.32. The third kappa shape index (κ3) is 10.5. The average Bonchev–Trinajstić information content (AvgIpc) is 2.16. The van der Waals surface area contributed by atoms with Crippen molar-refractivity contribution in [3.05, 3.63) is 54.2 Å². The minimum absolute atomic E-state index is 0.728. The second-order valence-electron chi connectivity index (χ2n) is 2.35. The zero-order chi connectivity index (χ0) is 9.78. The topological polar surface area (TPSA) is 26.0 Å². The van der Waals surface area contributed by atoms with Crippen LogP contribution in [0.3, 0.4) is 0 Å². The normalized spacial score (nSPS) is 8.38. The Kier molecular flexibility index (Phi) is 9.32. The van der Waals surface area contributed by atoms with Crippen molar-refractivity contribution in [2.24, 2.45) is 5.73 Å². The van der Waals surface area contributed by atoms with Crippen LogP contribution >= 0.6 is 0 Å². The monoisotopic (exact) mass is 173 g/mol. The fourth-order valence-corrected chi connectivity index (χ4v) is 0.626. The second-order valence-corrected chi connectivity index (χ2v) is 2.35. The van der Waals surface area contributed by atoms with Crippen molar-refractivity contribution in [1.82, 2.24) is 0 Å². The van der Waals surface area contributed by atoms with Crippen molar-refractivity contribution < 1.29 is 0 Å². The molecule has 68 valence electrons. The van der Waals surface area contributed by atoms with E-state index in [0.29, 0.717) is 0 Å². The Morgan fingerprint density at radius 1 is 1.15 bits per heavy atom. The Morgan fingerprint density at radius 2 is 1.92 bits per heavy atom. The molecule has 1 nitrogen and oxygen atoms in total. The summed E-state index contributed by atoms with van der Waals surface area (Å²) < 4.78 is 0. The first kappa shape index (κ1) is 11.5. The minimum Gasteiger partial charge on any atom is -0.330 e. The molecule has 0 rings (SSSR count). The molecule has 13 heavy (non-hydrogen) atoms. The van der Waals surface area contributed by atoms with Crippen LogP contribution in [-0.2, 0) is 0 Å². The van der Waals surface area contributed by atoms with Gasteiger partial charge in [-0.25, -0.2) is 0 Å². The van der Waals surface area contributed by atoms with Gasteiger partial charge < -0.3 is 5.73 Å². The van der Waals surface area contributed by atoms with E-state index in [2.05, 4.69) is 23.8 Å². The van der Waals surface area contributed by atoms with Gasteiger partial charge in [0.1, 0.15) is 0 Å². The van der Waals surface area contributed by atoms with E-state index in [9.17, 15) is 0 Å². The van der Waals surface area contributed by atoms with Crippen LogP contribution in [0.2, 0.25) is 0 Å². The third-order valence-electron chi connectivity index (χ3n) is 1.24. The molecule has 0 saturated heterocycles. The van der Waals surface area contributed by atoms with Gasteiger partial charge in [-0.1, -0.05) is 30.2 Å². The molecule has 0 aromatic rings. The van der Waals surface area contributed by atoms with E-state index >= 15 is 0 Å². The largest absolute Gasteiger partial charge is 0.330 e. The molecule has 0 heterocycles. The Hall–Kier alpha value is -1.48. The van der Waals surface area contributed by atoms with E-state index < -0.39 is 0 Å². The molecule has 0 aliphatic rings. The molecule has 0 radical (unpaired) electrons. The highest BCUT2D eigenvalue weighted by molar-refractivity contribution is 5.09. The Bertz CT molecular complexity index is 278. The molecule has 0 amide bonds. The Labute approximate surface area is 80.0 Å². The molecule has 0 fully saturated rings. The van der Waals surface area contributed by atoms with Gasteiger partial charge in [0, 0.05) is 0 Å². The molecule has 0 aliphatic carbocycles. The summed E-state index contributed by atoms with van der Waals surface area (Å²) in [6, 6.07) is 0. The van der Waals surface area contributed by atoms with Gasteiger partial charge >= 0.3 is 0 Å². The van der Waals surface area contributed by atoms with E-state index in [4.69, 9.17) is 5.73 Å². The van der Waals surface area contributed by atoms with E-state index in [-0.39, 0.29) is 0 Å². The van der Waals surface area contributed by atoms with Crippen molar-refractivity contribution >= 4 is 0 Å². The summed E-state index contributed by atoms with van der Waals surface area (Å²) >= 11 is 0. The first-order chi connectivity index (χ1) is 6.41. The Balaban J connectivity index is 3.81. The lowest BCUT2D eigenvalue weighted by atomic mass is 10.3. The fraction of sp³-hybridized carbons (Fsp3) is 0.250. The molecule has 0 bridgehead atoms. The van der Waals surface area contributed by atoms with Crippen LogP contribution < -0.4 is 5.73 Å². The molecule has 0 aromatic heterocycles. The van der Waals surface area contributed by atoms with Gasteiger partial charge in [0.05, 0.1) is 0 Å². The number of rotatable bonds is 5. The molecular formula is C12H15N. The second kappa shape index (κ2) is 10.5. The molecule has 0 atom stereocenters. The van der Waals surface area contributed by atoms with Crippen LogP contribution in [0.15, 0.2) is 54.2 Å². The summed E-state index contributed by atoms with van der Waals surface area (Å²) in [6.07, 6.45) is 11.1. The summed E-state index contributed by atoms with van der Waals surface area (Å²) in [6.45, 7) is 4.16. The zero-order valence-corrected chi connectivity index (χ0v) is 7.79. The zero-order valence-electron chi connectivity index (χ0n) is 7.79. The predicted molar refractivity (Wildman–Crippen MR) is 57.3 cm³/mol. The van der Waals surface area contributed by atoms with Crippen LogP contribution in [0.5, 0.6) is 0 Å². The van der Waals surface area contributed by atoms with Gasteiger partial charge in [0.2, 0.25) is 0 Å². The molecule has 1 heteroatoms. The van der Waals surface area contributed by atoms with Crippen LogP contribution in [0.1, 0.15) is 12.8 Å². The average molecular weight is 173 g/mol. The summed E-state index contributed by atoms with van der Waals surface area (Å²) in [7, 11) is 0. The van der Waals surface area contributed by atoms with Gasteiger partial charge in [-0.05, 0) is 37.6 Å². The maximum Gasteiger partial charge on any atom is -0.00741 e. The molecule has 0 saturated carbocycles. The lowest BCUT2D eigenvalue weighted by Crippen LogP contribution is -1.96. The molecule has 0 aliphatic heterocycles. The number of hydrogen-bond acceptors (Lipinski definition) is 1. The Morgan fingerprint density at radius 3 is 2.62 bits per heavy atom. The quantitative estimate of drug-likeness (QED) is 0.386. The van der Waals surface area contributed by atoms with Gasteiger partial charge in [0.15, 0.2) is 0 Å². The van der Waals surface area contributed by atoms with Crippen LogP contribution in [-0.4, -0.2) is 6.54 Å². The van der Waals surface area contributed by atoms with Crippen molar-refractivity contribution in [1.29, 1.82) is 0 Å². The van der Waals surface area contributed by atoms with Crippen molar-refractivity contribution in [2.45, 2.75) is 12.8 Å². The molecule has 0 unspecified atom stereocenters. The smallest absolute Gasteiger partial charge is 0.00741 e. The van der Waals surface area contributed by atoms with Crippen LogP contribution in [0, 0.1) is 0 Å². The first-order valence-corrected chi connectivity index (χ1v) is 4.29. The molecule has 2 N–H and O–H groups in total. The predicted octanol–water partition coefficient (Wildman–Crippen LogP) is 2.49. The lowest BCUT2D eigenvalue weighted by molar-refractivity contribution is 0.856. The number of allylic oxidation sites excluding steroid dienone is 5. The van der Waals surface area contributed by atoms with Crippen LogP contribution in [0.4, 0.5) is 0 Å². The first-order valence-electron chi connectivity index (χ1n) is 4.29. The third-order valence-corrected chi connectivity index (χ3v) is 1.24. The van der Waals surface area contributed by atoms with Crippen molar-refractivity contribution in [3.63, 3.8) is 0 Å². The minimum atomic E-state index is 0.728. The highest BCUT2D eigenvalue weighted by Gasteiger charge is 1.73. The van der Waals surface area contributed by atoms with Crippen molar-refractivity contribution in [3.8, 4) is 0 Å². The van der Waals surface area contributed by atoms with Crippen molar-refractivity contribution in [2.75, 3.05) is 6.54 Å². The van der Waals surface area contributed by atoms with Gasteiger partial charge in [-0.3, -0.25) is 0 Å². The van der Waals surface area contributed by atoms with Crippen LogP contribution in [0.25, 0.3) is 0 Å². The summed E-state index contributed by atoms with van der Waals surface area (Å²) in [5.74, 6) is 0. The van der Waals surface area contributed by atoms with E-state index in [0.717, 1.165) is 19.4 Å². The van der Waals surface area contributed by atoms with Gasteiger partial charge in [-0.15, -0.1) is 5.73 Å². The lowest BCUT2D eigenvalue weighted by Gasteiger charge is -1.82. The number of hydrogen-bond donors (Lipinski definition) is 1. The maximum atomic E-state index is 5.32. The summed E-state index contributed by atoms with van der Waals surface area (Å²) in [5.41, 5.74) is 13.7. The number of nitrogens with two attached hydrogens (primary N) is 1. The highest BCUT2D eigenvalue weighted by Crippen LogP contribution is 1.84. The van der Waals surface area contributed by atoms with E-state index in [1.807, 2.05) is 18.2 Å². The fourth-order valence-electron chi connectivity index (χ4n) is 0.626. The summed E-state index contributed by atoms with van der Waals surface area (Å²) in [5, 5.41) is 0. The standard InChI is InChI=1S/C12H15N/c1-2-3-4-5-6-7-8-9-10-11-12-13/h3-6,9H,1,10-13H2/b5-4+,9-6?. The number of unbranched alkanes of at least 4 members (excludes halogenated alkanes) is 1. The SMILES string of the molecule is C=C=C/C=C/C=C=C=CCCCN. The van der Waals surface area contributed by atoms with Gasteiger partial charge in [0.25, 0.3) is 0 Å². The van der Waals surface area contributed by atoms with E-state index in [1.54, 1.807) is 12.2 Å². The van der Waals surface area contributed by atoms with Gasteiger partial charge in [-0.2, -0.15) is 0 Å². The van der Waals surface area contributed by atoms with E-state index in [1.165, 1.54) is 0 Å². The summed E-state index contributed by atoms with van der Waals surface area (Å²) in [4.78, 5) is 0.